The number of rotatable bonds is 4. The Morgan fingerprint density at radius 2 is 1.97 bits per heavy atom. The zero-order valence-electron chi connectivity index (χ0n) is 15.1. The fourth-order valence-electron chi connectivity index (χ4n) is 2.85. The predicted octanol–water partition coefficient (Wildman–Crippen LogP) is 4.19. The molecule has 4 aromatic rings. The Morgan fingerprint density at radius 1 is 1.13 bits per heavy atom. The smallest absolute Gasteiger partial charge is 0.303 e. The summed E-state index contributed by atoms with van der Waals surface area (Å²) >= 11 is 6.31. The molecule has 0 saturated heterocycles. The first-order valence-corrected chi connectivity index (χ1v) is 8.97. The molecule has 0 saturated carbocycles. The molecule has 0 aliphatic carbocycles. The minimum Gasteiger partial charge on any atom is -0.303 e. The molecule has 0 fully saturated rings. The van der Waals surface area contributed by atoms with Crippen LogP contribution < -0.4 is 5.32 Å². The standard InChI is InChI=1S/C19H12ClF3N6O/c20-12-3-1-5-14-16(12)17(26-18(30)13-4-2-8-25-27-13)28-29(14)10-11-6-7-15(24-9-11)19(21,22)23/h1-9H,10H2,(H,26,28,30). The van der Waals surface area contributed by atoms with E-state index in [1.54, 1.807) is 24.3 Å². The van der Waals surface area contributed by atoms with Gasteiger partial charge in [0.2, 0.25) is 0 Å². The van der Waals surface area contributed by atoms with Crippen LogP contribution in [0.4, 0.5) is 19.0 Å². The van der Waals surface area contributed by atoms with Crippen molar-refractivity contribution in [3.8, 4) is 0 Å². The van der Waals surface area contributed by atoms with Crippen molar-refractivity contribution in [1.29, 1.82) is 0 Å². The van der Waals surface area contributed by atoms with Gasteiger partial charge in [0.25, 0.3) is 5.91 Å². The quantitative estimate of drug-likeness (QED) is 0.522. The van der Waals surface area contributed by atoms with Crippen LogP contribution in [0.25, 0.3) is 10.9 Å². The van der Waals surface area contributed by atoms with E-state index in [9.17, 15) is 18.0 Å². The average Bonchev–Trinajstić information content (AvgIpc) is 3.07. The molecule has 0 spiro atoms. The molecule has 1 aromatic carbocycles. The molecule has 0 radical (unpaired) electrons. The highest BCUT2D eigenvalue weighted by molar-refractivity contribution is 6.36. The minimum absolute atomic E-state index is 0.0965. The zero-order valence-corrected chi connectivity index (χ0v) is 15.8. The van der Waals surface area contributed by atoms with E-state index in [-0.39, 0.29) is 18.1 Å². The van der Waals surface area contributed by atoms with Crippen LogP contribution in [0.1, 0.15) is 21.7 Å². The molecule has 0 unspecified atom stereocenters. The average molecular weight is 433 g/mol. The third-order valence-electron chi connectivity index (χ3n) is 4.21. The number of fused-ring (bicyclic) bond motifs is 1. The van der Waals surface area contributed by atoms with Gasteiger partial charge in [-0.3, -0.25) is 14.5 Å². The molecule has 3 aromatic heterocycles. The van der Waals surface area contributed by atoms with Crippen LogP contribution >= 0.6 is 11.6 Å². The highest BCUT2D eigenvalue weighted by Crippen LogP contribution is 2.31. The third kappa shape index (κ3) is 3.94. The van der Waals surface area contributed by atoms with Gasteiger partial charge in [-0.2, -0.15) is 23.4 Å². The van der Waals surface area contributed by atoms with Gasteiger partial charge in [0.1, 0.15) is 5.69 Å². The van der Waals surface area contributed by atoms with Crippen LogP contribution in [0.2, 0.25) is 5.02 Å². The molecule has 7 nitrogen and oxygen atoms in total. The SMILES string of the molecule is O=C(Nc1nn(Cc2ccc(C(F)(F)F)nc2)c2cccc(Cl)c12)c1cccnn1. The summed E-state index contributed by atoms with van der Waals surface area (Å²) < 4.78 is 39.7. The second-order valence-electron chi connectivity index (χ2n) is 6.25. The highest BCUT2D eigenvalue weighted by Gasteiger charge is 2.32. The lowest BCUT2D eigenvalue weighted by molar-refractivity contribution is -0.141. The first-order valence-electron chi connectivity index (χ1n) is 8.59. The monoisotopic (exact) mass is 432 g/mol. The summed E-state index contributed by atoms with van der Waals surface area (Å²) in [5.41, 5.74) is 0.215. The number of hydrogen-bond acceptors (Lipinski definition) is 5. The number of carbonyl (C=O) groups excluding carboxylic acids is 1. The Balaban J connectivity index is 1.68. The van der Waals surface area contributed by atoms with E-state index in [1.807, 2.05) is 0 Å². The maximum absolute atomic E-state index is 12.7. The number of nitrogens with zero attached hydrogens (tertiary/aromatic N) is 5. The van der Waals surface area contributed by atoms with E-state index in [1.165, 1.54) is 23.0 Å². The van der Waals surface area contributed by atoms with Crippen LogP contribution in [0.15, 0.2) is 54.9 Å². The van der Waals surface area contributed by atoms with Gasteiger partial charge in [0.15, 0.2) is 11.5 Å². The largest absolute Gasteiger partial charge is 0.433 e. The van der Waals surface area contributed by atoms with Crippen molar-refractivity contribution in [2.75, 3.05) is 5.32 Å². The molecular formula is C19H12ClF3N6O. The number of halogens is 4. The van der Waals surface area contributed by atoms with Gasteiger partial charge in [-0.1, -0.05) is 23.7 Å². The van der Waals surface area contributed by atoms with Gasteiger partial charge < -0.3 is 5.32 Å². The lowest BCUT2D eigenvalue weighted by Gasteiger charge is -2.07. The maximum Gasteiger partial charge on any atom is 0.433 e. The predicted molar refractivity (Wildman–Crippen MR) is 103 cm³/mol. The van der Waals surface area contributed by atoms with E-state index in [2.05, 4.69) is 25.6 Å². The molecule has 3 heterocycles. The summed E-state index contributed by atoms with van der Waals surface area (Å²) in [6.07, 6.45) is -1.93. The molecular weight excluding hydrogens is 421 g/mol. The zero-order chi connectivity index (χ0) is 21.3. The molecule has 1 N–H and O–H groups in total. The van der Waals surface area contributed by atoms with Gasteiger partial charge in [-0.15, -0.1) is 5.10 Å². The lowest BCUT2D eigenvalue weighted by Crippen LogP contribution is -2.15. The van der Waals surface area contributed by atoms with Crippen molar-refractivity contribution < 1.29 is 18.0 Å². The number of nitrogens with one attached hydrogen (secondary N) is 1. The molecule has 0 aliphatic rings. The fourth-order valence-corrected chi connectivity index (χ4v) is 3.11. The minimum atomic E-state index is -4.51. The number of alkyl halides is 3. The van der Waals surface area contributed by atoms with Crippen molar-refractivity contribution in [1.82, 2.24) is 25.0 Å². The summed E-state index contributed by atoms with van der Waals surface area (Å²) in [5.74, 6) is -0.322. The Kier molecular flexibility index (Phi) is 5.08. The molecule has 11 heteroatoms. The second-order valence-corrected chi connectivity index (χ2v) is 6.66. The Hall–Kier alpha value is -3.53. The maximum atomic E-state index is 12.7. The van der Waals surface area contributed by atoms with Gasteiger partial charge in [0, 0.05) is 12.4 Å². The van der Waals surface area contributed by atoms with Crippen LogP contribution in [0, 0.1) is 0 Å². The van der Waals surface area contributed by atoms with E-state index >= 15 is 0 Å². The van der Waals surface area contributed by atoms with E-state index in [0.29, 0.717) is 21.5 Å². The lowest BCUT2D eigenvalue weighted by atomic mass is 10.2. The summed E-state index contributed by atoms with van der Waals surface area (Å²) in [6.45, 7) is 0.128. The Morgan fingerprint density at radius 3 is 2.63 bits per heavy atom. The molecule has 0 aliphatic heterocycles. The van der Waals surface area contributed by atoms with Gasteiger partial charge >= 0.3 is 6.18 Å². The summed E-state index contributed by atoms with van der Waals surface area (Å²) in [7, 11) is 0. The number of amides is 1. The van der Waals surface area contributed by atoms with Gasteiger partial charge in [-0.05, 0) is 35.9 Å². The highest BCUT2D eigenvalue weighted by atomic mass is 35.5. The molecule has 30 heavy (non-hydrogen) atoms. The van der Waals surface area contributed by atoms with Crippen molar-refractivity contribution >= 4 is 34.2 Å². The van der Waals surface area contributed by atoms with E-state index < -0.39 is 17.8 Å². The first kappa shape index (κ1) is 19.8. The fraction of sp³-hybridized carbons (Fsp3) is 0.105. The third-order valence-corrected chi connectivity index (χ3v) is 4.53. The molecule has 0 bridgehead atoms. The first-order chi connectivity index (χ1) is 14.3. The van der Waals surface area contributed by atoms with Gasteiger partial charge in [0.05, 0.1) is 22.5 Å². The number of anilines is 1. The van der Waals surface area contributed by atoms with Crippen molar-refractivity contribution in [3.63, 3.8) is 0 Å². The summed E-state index contributed by atoms with van der Waals surface area (Å²) in [4.78, 5) is 15.9. The molecule has 152 valence electrons. The van der Waals surface area contributed by atoms with Crippen molar-refractivity contribution in [2.24, 2.45) is 0 Å². The topological polar surface area (TPSA) is 85.6 Å². The number of aromatic nitrogens is 5. The normalized spacial score (nSPS) is 11.6. The number of hydrogen-bond donors (Lipinski definition) is 1. The van der Waals surface area contributed by atoms with Crippen molar-refractivity contribution in [3.05, 3.63) is 76.8 Å². The van der Waals surface area contributed by atoms with Crippen LogP contribution in [-0.4, -0.2) is 30.9 Å². The summed E-state index contributed by atoms with van der Waals surface area (Å²) in [5, 5.41) is 15.3. The molecule has 1 amide bonds. The Labute approximate surface area is 172 Å². The van der Waals surface area contributed by atoms with E-state index in [4.69, 9.17) is 11.6 Å². The van der Waals surface area contributed by atoms with Crippen LogP contribution in [0.5, 0.6) is 0 Å². The van der Waals surface area contributed by atoms with Gasteiger partial charge in [-0.25, -0.2) is 0 Å². The Bertz CT molecular complexity index is 1210. The summed E-state index contributed by atoms with van der Waals surface area (Å²) in [6, 6.07) is 10.4. The number of benzene rings is 1. The van der Waals surface area contributed by atoms with Crippen molar-refractivity contribution in [2.45, 2.75) is 12.7 Å². The molecule has 4 rings (SSSR count). The molecule has 0 atom stereocenters. The second kappa shape index (κ2) is 7.71. The van der Waals surface area contributed by atoms with E-state index in [0.717, 1.165) is 12.3 Å². The van der Waals surface area contributed by atoms with Crippen LogP contribution in [-0.2, 0) is 12.7 Å². The number of carbonyl (C=O) groups is 1. The number of pyridine rings is 1. The van der Waals surface area contributed by atoms with Crippen LogP contribution in [0.3, 0.4) is 0 Å².